The number of rotatable bonds is 7. The van der Waals surface area contributed by atoms with Crippen molar-refractivity contribution in [3.05, 3.63) is 88.4 Å². The fourth-order valence-electron chi connectivity index (χ4n) is 3.30. The Kier molecular flexibility index (Phi) is 6.36. The Bertz CT molecular complexity index is 1260. The second-order valence-corrected chi connectivity index (χ2v) is 9.43. The molecular formula is C23H21ClN2O5S. The van der Waals surface area contributed by atoms with Crippen molar-refractivity contribution in [2.75, 3.05) is 6.79 Å². The number of hydrogen-bond acceptors (Lipinski definition) is 5. The maximum atomic E-state index is 12.8. The molecule has 0 spiro atoms. The van der Waals surface area contributed by atoms with Gasteiger partial charge in [0.2, 0.25) is 16.8 Å². The first kappa shape index (κ1) is 22.1. The highest BCUT2D eigenvalue weighted by atomic mass is 35.5. The molecule has 7 nitrogen and oxygen atoms in total. The van der Waals surface area contributed by atoms with Crippen LogP contribution in [0.3, 0.4) is 0 Å². The molecule has 0 radical (unpaired) electrons. The zero-order valence-corrected chi connectivity index (χ0v) is 18.7. The Morgan fingerprint density at radius 2 is 1.81 bits per heavy atom. The van der Waals surface area contributed by atoms with Crippen molar-refractivity contribution < 1.29 is 22.7 Å². The Labute approximate surface area is 191 Å². The van der Waals surface area contributed by atoms with Gasteiger partial charge in [0.25, 0.3) is 5.91 Å². The van der Waals surface area contributed by atoms with Crippen molar-refractivity contribution in [2.45, 2.75) is 24.4 Å². The number of nitrogens with one attached hydrogen (secondary N) is 2. The molecule has 1 amide bonds. The topological polar surface area (TPSA) is 93.7 Å². The maximum absolute atomic E-state index is 12.8. The van der Waals surface area contributed by atoms with Gasteiger partial charge in [0, 0.05) is 17.1 Å². The number of halogens is 1. The van der Waals surface area contributed by atoms with Crippen molar-refractivity contribution in [3.63, 3.8) is 0 Å². The van der Waals surface area contributed by atoms with E-state index in [1.54, 1.807) is 30.3 Å². The third-order valence-electron chi connectivity index (χ3n) is 5.03. The summed E-state index contributed by atoms with van der Waals surface area (Å²) < 4.78 is 38.7. The van der Waals surface area contributed by atoms with Gasteiger partial charge >= 0.3 is 0 Å². The number of sulfonamides is 1. The van der Waals surface area contributed by atoms with E-state index in [0.717, 1.165) is 11.1 Å². The first-order chi connectivity index (χ1) is 15.3. The molecule has 1 atom stereocenters. The average Bonchev–Trinajstić information content (AvgIpc) is 3.26. The SMILES string of the molecule is CC(NC(=O)c1cccc(S(=O)(=O)NCc2ccc3c(c2)OCO3)c1)c1ccccc1Cl. The van der Waals surface area contributed by atoms with Gasteiger partial charge in [-0.2, -0.15) is 0 Å². The zero-order chi connectivity index (χ0) is 22.7. The Balaban J connectivity index is 1.45. The second-order valence-electron chi connectivity index (χ2n) is 7.26. The van der Waals surface area contributed by atoms with Crippen LogP contribution in [0.1, 0.15) is 34.5 Å². The van der Waals surface area contributed by atoms with Crippen LogP contribution in [0, 0.1) is 0 Å². The van der Waals surface area contributed by atoms with E-state index in [1.807, 2.05) is 25.1 Å². The molecule has 1 aliphatic rings. The number of benzene rings is 3. The third-order valence-corrected chi connectivity index (χ3v) is 6.77. The Hall–Kier alpha value is -3.07. The molecule has 0 bridgehead atoms. The molecule has 32 heavy (non-hydrogen) atoms. The summed E-state index contributed by atoms with van der Waals surface area (Å²) in [6.45, 7) is 2.03. The summed E-state index contributed by atoms with van der Waals surface area (Å²) in [5.74, 6) is 0.805. The highest BCUT2D eigenvalue weighted by Gasteiger charge is 2.19. The van der Waals surface area contributed by atoms with Crippen molar-refractivity contribution in [1.29, 1.82) is 0 Å². The monoisotopic (exact) mass is 472 g/mol. The summed E-state index contributed by atoms with van der Waals surface area (Å²) >= 11 is 6.20. The van der Waals surface area contributed by atoms with E-state index in [-0.39, 0.29) is 29.8 Å². The molecular weight excluding hydrogens is 452 g/mol. The number of amides is 1. The predicted molar refractivity (Wildman–Crippen MR) is 120 cm³/mol. The van der Waals surface area contributed by atoms with Gasteiger partial charge in [-0.15, -0.1) is 0 Å². The van der Waals surface area contributed by atoms with E-state index in [2.05, 4.69) is 10.0 Å². The molecule has 1 unspecified atom stereocenters. The van der Waals surface area contributed by atoms with E-state index >= 15 is 0 Å². The number of carbonyl (C=O) groups excluding carboxylic acids is 1. The van der Waals surface area contributed by atoms with Crippen molar-refractivity contribution >= 4 is 27.5 Å². The number of hydrogen-bond donors (Lipinski definition) is 2. The minimum absolute atomic E-state index is 0.00344. The maximum Gasteiger partial charge on any atom is 0.251 e. The summed E-state index contributed by atoms with van der Waals surface area (Å²) in [5.41, 5.74) is 1.73. The smallest absolute Gasteiger partial charge is 0.251 e. The van der Waals surface area contributed by atoms with Gasteiger partial charge in [0.15, 0.2) is 11.5 Å². The average molecular weight is 473 g/mol. The minimum Gasteiger partial charge on any atom is -0.454 e. The van der Waals surface area contributed by atoms with E-state index in [9.17, 15) is 13.2 Å². The summed E-state index contributed by atoms with van der Waals surface area (Å²) in [4.78, 5) is 12.7. The molecule has 166 valence electrons. The third kappa shape index (κ3) is 4.88. The van der Waals surface area contributed by atoms with E-state index in [4.69, 9.17) is 21.1 Å². The van der Waals surface area contributed by atoms with Crippen LogP contribution in [0.2, 0.25) is 5.02 Å². The van der Waals surface area contributed by atoms with Gasteiger partial charge in [-0.25, -0.2) is 13.1 Å². The normalized spacial score (nSPS) is 13.6. The molecule has 0 aromatic heterocycles. The molecule has 9 heteroatoms. The molecule has 4 rings (SSSR count). The first-order valence-corrected chi connectivity index (χ1v) is 11.7. The van der Waals surface area contributed by atoms with Crippen LogP contribution in [-0.4, -0.2) is 21.1 Å². The number of ether oxygens (including phenoxy) is 2. The molecule has 2 N–H and O–H groups in total. The van der Waals surface area contributed by atoms with E-state index in [0.29, 0.717) is 16.5 Å². The van der Waals surface area contributed by atoms with Gasteiger partial charge in [-0.3, -0.25) is 4.79 Å². The summed E-state index contributed by atoms with van der Waals surface area (Å²) in [7, 11) is -3.84. The standard InChI is InChI=1S/C23H21ClN2O5S/c1-15(19-7-2-3-8-20(19)24)26-23(27)17-5-4-6-18(12-17)32(28,29)25-13-16-9-10-21-22(11-16)31-14-30-21/h2-12,15,25H,13-14H2,1H3,(H,26,27). The number of fused-ring (bicyclic) bond motifs is 1. The fraction of sp³-hybridized carbons (Fsp3) is 0.174. The van der Waals surface area contributed by atoms with Crippen LogP contribution in [0.4, 0.5) is 0 Å². The molecule has 1 heterocycles. The number of carbonyl (C=O) groups is 1. The molecule has 0 aliphatic carbocycles. The lowest BCUT2D eigenvalue weighted by atomic mass is 10.1. The van der Waals surface area contributed by atoms with E-state index < -0.39 is 15.9 Å². The van der Waals surface area contributed by atoms with Crippen molar-refractivity contribution in [1.82, 2.24) is 10.0 Å². The molecule has 0 saturated heterocycles. The fourth-order valence-corrected chi connectivity index (χ4v) is 4.66. The van der Waals surface area contributed by atoms with Crippen LogP contribution in [0.15, 0.2) is 71.6 Å². The van der Waals surface area contributed by atoms with Crippen LogP contribution in [0.25, 0.3) is 0 Å². The largest absolute Gasteiger partial charge is 0.454 e. The quantitative estimate of drug-likeness (QED) is 0.541. The van der Waals surface area contributed by atoms with Gasteiger partial charge in [0.1, 0.15) is 0 Å². The van der Waals surface area contributed by atoms with Crippen LogP contribution < -0.4 is 19.5 Å². The summed E-state index contributed by atoms with van der Waals surface area (Å²) in [5, 5.41) is 3.40. The molecule has 3 aromatic carbocycles. The highest BCUT2D eigenvalue weighted by molar-refractivity contribution is 7.89. The van der Waals surface area contributed by atoms with Gasteiger partial charge in [0.05, 0.1) is 10.9 Å². The molecule has 0 saturated carbocycles. The Morgan fingerprint density at radius 3 is 2.62 bits per heavy atom. The lowest BCUT2D eigenvalue weighted by Crippen LogP contribution is -2.27. The minimum atomic E-state index is -3.84. The molecule has 0 fully saturated rings. The van der Waals surface area contributed by atoms with E-state index in [1.165, 1.54) is 18.2 Å². The predicted octanol–water partition coefficient (Wildman–Crippen LogP) is 4.04. The molecule has 3 aromatic rings. The van der Waals surface area contributed by atoms with Crippen LogP contribution in [0.5, 0.6) is 11.5 Å². The van der Waals surface area contributed by atoms with Gasteiger partial charge < -0.3 is 14.8 Å². The summed E-state index contributed by atoms with van der Waals surface area (Å²) in [6, 6.07) is 18.0. The lowest BCUT2D eigenvalue weighted by Gasteiger charge is -2.16. The van der Waals surface area contributed by atoms with Crippen LogP contribution in [-0.2, 0) is 16.6 Å². The summed E-state index contributed by atoms with van der Waals surface area (Å²) in [6.07, 6.45) is 0. The lowest BCUT2D eigenvalue weighted by molar-refractivity contribution is 0.0939. The Morgan fingerprint density at radius 1 is 1.03 bits per heavy atom. The molecule has 1 aliphatic heterocycles. The van der Waals surface area contributed by atoms with Gasteiger partial charge in [-0.1, -0.05) is 41.9 Å². The second kappa shape index (κ2) is 9.20. The van der Waals surface area contributed by atoms with Crippen LogP contribution >= 0.6 is 11.6 Å². The first-order valence-electron chi connectivity index (χ1n) is 9.87. The van der Waals surface area contributed by atoms with Crippen molar-refractivity contribution in [2.24, 2.45) is 0 Å². The van der Waals surface area contributed by atoms with Crippen molar-refractivity contribution in [3.8, 4) is 11.5 Å². The van der Waals surface area contributed by atoms with Gasteiger partial charge in [-0.05, 0) is 54.4 Å². The highest BCUT2D eigenvalue weighted by Crippen LogP contribution is 2.32. The zero-order valence-electron chi connectivity index (χ0n) is 17.2.